The molecule has 1 heterocycles. The first-order valence-corrected chi connectivity index (χ1v) is 8.71. The Balaban J connectivity index is 1.85. The maximum absolute atomic E-state index is 13.0. The molecule has 8 nitrogen and oxygen atoms in total. The van der Waals surface area contributed by atoms with Crippen LogP contribution in [0, 0.1) is 12.8 Å². The van der Waals surface area contributed by atoms with Crippen molar-refractivity contribution in [1.29, 1.82) is 0 Å². The number of hydrogen-bond acceptors (Lipinski definition) is 6. The number of hydrogen-bond donors (Lipinski definition) is 2. The fraction of sp³-hybridized carbons (Fsp3) is 0.143. The summed E-state index contributed by atoms with van der Waals surface area (Å²) in [6.45, 7) is 5.67. The van der Waals surface area contributed by atoms with Crippen molar-refractivity contribution < 1.29 is 23.9 Å². The summed E-state index contributed by atoms with van der Waals surface area (Å²) < 4.78 is 4.68. The predicted molar refractivity (Wildman–Crippen MR) is 106 cm³/mol. The van der Waals surface area contributed by atoms with E-state index in [2.05, 4.69) is 21.9 Å². The predicted octanol–water partition coefficient (Wildman–Crippen LogP) is 2.61. The normalized spacial score (nSPS) is 16.3. The Morgan fingerprint density at radius 2 is 1.83 bits per heavy atom. The molecule has 1 atom stereocenters. The van der Waals surface area contributed by atoms with E-state index >= 15 is 0 Å². The SMILES string of the molecule is C=C(Nc1cccc(C(=O)OC)c1)[C@@H]1C(=O)NC(=O)N(c2ccc(C)cc2)C1=O. The number of nitrogens with zero attached hydrogens (tertiary/aromatic N) is 1. The van der Waals surface area contributed by atoms with Crippen LogP contribution in [0.25, 0.3) is 0 Å². The van der Waals surface area contributed by atoms with Crippen LogP contribution in [0.4, 0.5) is 16.2 Å². The van der Waals surface area contributed by atoms with E-state index in [0.29, 0.717) is 16.9 Å². The second-order valence-corrected chi connectivity index (χ2v) is 6.46. The molecule has 0 aromatic heterocycles. The number of nitrogens with one attached hydrogen (secondary N) is 2. The Morgan fingerprint density at radius 1 is 1.14 bits per heavy atom. The van der Waals surface area contributed by atoms with Crippen molar-refractivity contribution in [2.45, 2.75) is 6.92 Å². The lowest BCUT2D eigenvalue weighted by Crippen LogP contribution is -2.59. The van der Waals surface area contributed by atoms with E-state index in [9.17, 15) is 19.2 Å². The number of methoxy groups -OCH3 is 1. The number of benzene rings is 2. The number of carbonyl (C=O) groups excluding carboxylic acids is 4. The molecular formula is C21H19N3O5. The van der Waals surface area contributed by atoms with Crippen LogP contribution in [0.2, 0.25) is 0 Å². The van der Waals surface area contributed by atoms with E-state index in [1.54, 1.807) is 42.5 Å². The molecule has 2 N–H and O–H groups in total. The van der Waals surface area contributed by atoms with Crippen molar-refractivity contribution in [2.75, 3.05) is 17.3 Å². The number of imide groups is 2. The minimum atomic E-state index is -1.32. The topological polar surface area (TPSA) is 105 Å². The van der Waals surface area contributed by atoms with Gasteiger partial charge in [-0.1, -0.05) is 30.3 Å². The largest absolute Gasteiger partial charge is 0.465 e. The van der Waals surface area contributed by atoms with Crippen molar-refractivity contribution in [2.24, 2.45) is 5.92 Å². The summed E-state index contributed by atoms with van der Waals surface area (Å²) in [6.07, 6.45) is 0. The average molecular weight is 393 g/mol. The standard InChI is InChI=1S/C21H19N3O5/c1-12-7-9-16(10-8-12)24-19(26)17(18(25)23-21(24)28)13(2)22-15-6-4-5-14(11-15)20(27)29-3/h4-11,17,22H,2H2,1,3H3,(H,23,25,28)/t17-/m1/s1. The van der Waals surface area contributed by atoms with Crippen LogP contribution in [0.3, 0.4) is 0 Å². The summed E-state index contributed by atoms with van der Waals surface area (Å²) in [4.78, 5) is 50.1. The number of esters is 1. The van der Waals surface area contributed by atoms with Crippen molar-refractivity contribution >= 4 is 35.2 Å². The van der Waals surface area contributed by atoms with E-state index < -0.39 is 29.7 Å². The van der Waals surface area contributed by atoms with Gasteiger partial charge < -0.3 is 10.1 Å². The molecule has 1 saturated heterocycles. The molecule has 0 unspecified atom stereocenters. The van der Waals surface area contributed by atoms with Gasteiger partial charge >= 0.3 is 12.0 Å². The summed E-state index contributed by atoms with van der Waals surface area (Å²) >= 11 is 0. The first-order chi connectivity index (χ1) is 13.8. The third-order valence-electron chi connectivity index (χ3n) is 4.39. The van der Waals surface area contributed by atoms with Crippen LogP contribution in [-0.4, -0.2) is 30.9 Å². The molecule has 2 aromatic carbocycles. The number of anilines is 2. The molecule has 1 aliphatic rings. The molecule has 4 amide bonds. The van der Waals surface area contributed by atoms with Gasteiger partial charge in [0.1, 0.15) is 0 Å². The molecule has 148 valence electrons. The van der Waals surface area contributed by atoms with Crippen LogP contribution in [0.5, 0.6) is 0 Å². The van der Waals surface area contributed by atoms with Gasteiger partial charge in [0.05, 0.1) is 18.4 Å². The number of urea groups is 1. The quantitative estimate of drug-likeness (QED) is 0.598. The van der Waals surface area contributed by atoms with Crippen LogP contribution in [0.1, 0.15) is 15.9 Å². The van der Waals surface area contributed by atoms with E-state index in [1.807, 2.05) is 6.92 Å². The Hall–Kier alpha value is -3.94. The zero-order chi connectivity index (χ0) is 21.1. The van der Waals surface area contributed by atoms with Gasteiger partial charge in [0.25, 0.3) is 5.91 Å². The fourth-order valence-corrected chi connectivity index (χ4v) is 2.92. The fourth-order valence-electron chi connectivity index (χ4n) is 2.92. The summed E-state index contributed by atoms with van der Waals surface area (Å²) in [5.41, 5.74) is 2.11. The van der Waals surface area contributed by atoms with Gasteiger partial charge in [-0.3, -0.25) is 14.9 Å². The van der Waals surface area contributed by atoms with Gasteiger partial charge in [0.2, 0.25) is 5.91 Å². The van der Waals surface area contributed by atoms with Crippen molar-refractivity contribution in [3.63, 3.8) is 0 Å². The van der Waals surface area contributed by atoms with Gasteiger partial charge in [0.15, 0.2) is 5.92 Å². The average Bonchev–Trinajstić information content (AvgIpc) is 2.68. The number of barbiturate groups is 1. The molecule has 0 spiro atoms. The molecule has 8 heteroatoms. The molecule has 29 heavy (non-hydrogen) atoms. The number of aryl methyl sites for hydroxylation is 1. The van der Waals surface area contributed by atoms with Gasteiger partial charge in [-0.2, -0.15) is 0 Å². The van der Waals surface area contributed by atoms with E-state index in [-0.39, 0.29) is 5.70 Å². The van der Waals surface area contributed by atoms with E-state index in [1.165, 1.54) is 13.2 Å². The van der Waals surface area contributed by atoms with Crippen LogP contribution in [-0.2, 0) is 14.3 Å². The lowest BCUT2D eigenvalue weighted by atomic mass is 10.00. The van der Waals surface area contributed by atoms with Crippen LogP contribution < -0.4 is 15.5 Å². The Morgan fingerprint density at radius 3 is 2.48 bits per heavy atom. The third-order valence-corrected chi connectivity index (χ3v) is 4.39. The second kappa shape index (κ2) is 7.97. The second-order valence-electron chi connectivity index (χ2n) is 6.46. The van der Waals surface area contributed by atoms with E-state index in [4.69, 9.17) is 0 Å². The Labute approximate surface area is 167 Å². The zero-order valence-electron chi connectivity index (χ0n) is 15.9. The number of carbonyl (C=O) groups is 4. The van der Waals surface area contributed by atoms with Gasteiger partial charge in [-0.25, -0.2) is 14.5 Å². The Bertz CT molecular complexity index is 1010. The van der Waals surface area contributed by atoms with Crippen molar-refractivity contribution in [3.05, 3.63) is 71.9 Å². The highest BCUT2D eigenvalue weighted by molar-refractivity contribution is 6.28. The molecule has 0 bridgehead atoms. The molecular weight excluding hydrogens is 374 g/mol. The third kappa shape index (κ3) is 4.01. The minimum Gasteiger partial charge on any atom is -0.465 e. The maximum atomic E-state index is 13.0. The number of amides is 4. The monoisotopic (exact) mass is 393 g/mol. The smallest absolute Gasteiger partial charge is 0.337 e. The molecule has 0 saturated carbocycles. The van der Waals surface area contributed by atoms with E-state index in [0.717, 1.165) is 10.5 Å². The van der Waals surface area contributed by atoms with Gasteiger partial charge in [-0.05, 0) is 37.3 Å². The minimum absolute atomic E-state index is 0.0686. The summed E-state index contributed by atoms with van der Waals surface area (Å²) in [6, 6.07) is 12.3. The molecule has 0 aliphatic carbocycles. The summed E-state index contributed by atoms with van der Waals surface area (Å²) in [5.74, 6) is -3.34. The summed E-state index contributed by atoms with van der Waals surface area (Å²) in [7, 11) is 1.27. The summed E-state index contributed by atoms with van der Waals surface area (Å²) in [5, 5.41) is 5.05. The molecule has 2 aromatic rings. The first kappa shape index (κ1) is 19.8. The first-order valence-electron chi connectivity index (χ1n) is 8.71. The molecule has 1 aliphatic heterocycles. The van der Waals surface area contributed by atoms with Crippen molar-refractivity contribution in [3.8, 4) is 0 Å². The van der Waals surface area contributed by atoms with Gasteiger partial charge in [-0.15, -0.1) is 0 Å². The molecule has 0 radical (unpaired) electrons. The van der Waals surface area contributed by atoms with Crippen molar-refractivity contribution in [1.82, 2.24) is 5.32 Å². The zero-order valence-corrected chi connectivity index (χ0v) is 15.9. The lowest BCUT2D eigenvalue weighted by molar-refractivity contribution is -0.132. The van der Waals surface area contributed by atoms with Crippen LogP contribution >= 0.6 is 0 Å². The highest BCUT2D eigenvalue weighted by atomic mass is 16.5. The van der Waals surface area contributed by atoms with Gasteiger partial charge in [0, 0.05) is 11.4 Å². The highest BCUT2D eigenvalue weighted by Gasteiger charge is 2.43. The molecule has 3 rings (SSSR count). The maximum Gasteiger partial charge on any atom is 0.337 e. The number of ether oxygens (including phenoxy) is 1. The molecule has 1 fully saturated rings. The number of rotatable bonds is 5. The Kier molecular flexibility index (Phi) is 5.45. The highest BCUT2D eigenvalue weighted by Crippen LogP contribution is 2.25. The lowest BCUT2D eigenvalue weighted by Gasteiger charge is -2.31. The van der Waals surface area contributed by atoms with Crippen LogP contribution in [0.15, 0.2) is 60.8 Å².